The summed E-state index contributed by atoms with van der Waals surface area (Å²) in [6.45, 7) is 2.58. The van der Waals surface area contributed by atoms with E-state index in [-0.39, 0.29) is 42.8 Å². The van der Waals surface area contributed by atoms with Gasteiger partial charge in [-0.25, -0.2) is 4.79 Å². The number of rotatable bonds is 6. The molecule has 0 bridgehead atoms. The number of aryl methyl sites for hydroxylation is 1. The first-order chi connectivity index (χ1) is 13.0. The second-order valence-corrected chi connectivity index (χ2v) is 6.40. The number of carbonyl (C=O) groups excluding carboxylic acids is 3. The number of fused-ring (bicyclic) bond motifs is 1. The molecule has 27 heavy (non-hydrogen) atoms. The fourth-order valence-electron chi connectivity index (χ4n) is 3.48. The van der Waals surface area contributed by atoms with Crippen LogP contribution in [0.4, 0.5) is 11.4 Å². The van der Waals surface area contributed by atoms with Gasteiger partial charge < -0.3 is 25.0 Å². The van der Waals surface area contributed by atoms with Crippen LogP contribution in [-0.2, 0) is 25.5 Å². The molecule has 2 heterocycles. The number of methoxy groups -OCH3 is 1. The molecule has 0 radical (unpaired) electrons. The first kappa shape index (κ1) is 18.9. The van der Waals surface area contributed by atoms with Crippen molar-refractivity contribution in [2.75, 3.05) is 43.6 Å². The fourth-order valence-corrected chi connectivity index (χ4v) is 3.48. The number of benzene rings is 1. The van der Waals surface area contributed by atoms with E-state index in [1.165, 1.54) is 12.0 Å². The zero-order valence-corrected chi connectivity index (χ0v) is 15.4. The highest BCUT2D eigenvalue weighted by Crippen LogP contribution is 2.31. The van der Waals surface area contributed by atoms with E-state index in [0.717, 1.165) is 11.3 Å². The number of carbonyl (C=O) groups is 3. The molecule has 0 unspecified atom stereocenters. The van der Waals surface area contributed by atoms with Crippen LogP contribution in [0.25, 0.3) is 0 Å². The molecule has 1 aromatic rings. The van der Waals surface area contributed by atoms with Crippen molar-refractivity contribution in [3.05, 3.63) is 35.0 Å². The Labute approximate surface area is 157 Å². The molecule has 8 heteroatoms. The lowest BCUT2D eigenvalue weighted by Gasteiger charge is -2.28. The van der Waals surface area contributed by atoms with E-state index in [2.05, 4.69) is 5.32 Å². The number of amides is 2. The minimum atomic E-state index is -0.577. The Hall–Kier alpha value is -2.87. The van der Waals surface area contributed by atoms with Crippen LogP contribution < -0.4 is 10.2 Å². The van der Waals surface area contributed by atoms with Crippen LogP contribution in [0, 0.1) is 0 Å². The molecule has 0 atom stereocenters. The van der Waals surface area contributed by atoms with Gasteiger partial charge in [0.25, 0.3) is 5.91 Å². The second-order valence-electron chi connectivity index (χ2n) is 6.40. The van der Waals surface area contributed by atoms with Crippen LogP contribution >= 0.6 is 0 Å². The smallest absolute Gasteiger partial charge is 0.337 e. The normalized spacial score (nSPS) is 16.7. The number of hydrogen-bond donors (Lipinski definition) is 2. The lowest BCUT2D eigenvalue weighted by atomic mass is 10.0. The van der Waals surface area contributed by atoms with Crippen molar-refractivity contribution < 1.29 is 24.2 Å². The number of anilines is 2. The number of hydrogen-bond acceptors (Lipinski definition) is 6. The summed E-state index contributed by atoms with van der Waals surface area (Å²) in [5.74, 6) is -0.827. The fraction of sp³-hybridized carbons (Fsp3) is 0.421. The highest BCUT2D eigenvalue weighted by molar-refractivity contribution is 6.08. The summed E-state index contributed by atoms with van der Waals surface area (Å²) < 4.78 is 4.79. The van der Waals surface area contributed by atoms with Crippen molar-refractivity contribution in [3.8, 4) is 0 Å². The molecular weight excluding hydrogens is 350 g/mol. The number of β-amino-alcohol motifs (C(OH)–C–C–N with tert-alkyl or cyclic N) is 1. The van der Waals surface area contributed by atoms with Crippen LogP contribution in [-0.4, -0.2) is 61.1 Å². The van der Waals surface area contributed by atoms with E-state index in [1.54, 1.807) is 11.0 Å². The number of aliphatic hydroxyl groups excluding tert-OH is 1. The number of nitrogens with one attached hydrogen (secondary N) is 1. The van der Waals surface area contributed by atoms with Gasteiger partial charge in [0.05, 0.1) is 25.8 Å². The third kappa shape index (κ3) is 3.52. The Morgan fingerprint density at radius 2 is 2.07 bits per heavy atom. The first-order valence-corrected chi connectivity index (χ1v) is 8.92. The summed E-state index contributed by atoms with van der Waals surface area (Å²) >= 11 is 0. The number of ether oxygens (including phenoxy) is 1. The molecule has 8 nitrogen and oxygen atoms in total. The minimum absolute atomic E-state index is 0.0947. The molecule has 0 saturated heterocycles. The highest BCUT2D eigenvalue weighted by atomic mass is 16.5. The van der Waals surface area contributed by atoms with Crippen LogP contribution in [0.2, 0.25) is 0 Å². The van der Waals surface area contributed by atoms with E-state index < -0.39 is 5.97 Å². The molecule has 0 spiro atoms. The molecule has 2 aliphatic heterocycles. The topological polar surface area (TPSA) is 99.2 Å². The number of nitrogens with zero attached hydrogens (tertiary/aromatic N) is 2. The van der Waals surface area contributed by atoms with Gasteiger partial charge in [-0.1, -0.05) is 0 Å². The maximum Gasteiger partial charge on any atom is 0.337 e. The molecule has 0 fully saturated rings. The maximum atomic E-state index is 12.6. The van der Waals surface area contributed by atoms with E-state index in [4.69, 9.17) is 9.84 Å². The summed E-state index contributed by atoms with van der Waals surface area (Å²) in [6, 6.07) is 5.53. The first-order valence-electron chi connectivity index (χ1n) is 8.92. The third-order valence-corrected chi connectivity index (χ3v) is 4.82. The average Bonchev–Trinajstić information content (AvgIpc) is 2.97. The van der Waals surface area contributed by atoms with Gasteiger partial charge in [0.15, 0.2) is 0 Å². The molecule has 3 rings (SSSR count). The number of esters is 1. The van der Waals surface area contributed by atoms with E-state index in [0.29, 0.717) is 25.1 Å². The Kier molecular flexibility index (Phi) is 5.46. The quantitative estimate of drug-likeness (QED) is 0.711. The predicted molar refractivity (Wildman–Crippen MR) is 99.1 cm³/mol. The standard InChI is InChI=1S/C19H23N3O5/c1-3-22-15-6-5-13(10-12(15)4-7-16(22)24)20-17-14(19(26)27-2)11-21(8-9-23)18(17)25/h5-6,10,20,23H,3-4,7-9,11H2,1-2H3. The van der Waals surface area contributed by atoms with Crippen molar-refractivity contribution in [2.45, 2.75) is 19.8 Å². The highest BCUT2D eigenvalue weighted by Gasteiger charge is 2.34. The average molecular weight is 373 g/mol. The molecular formula is C19H23N3O5. The Bertz CT molecular complexity index is 818. The van der Waals surface area contributed by atoms with Crippen LogP contribution in [0.1, 0.15) is 18.9 Å². The maximum absolute atomic E-state index is 12.6. The number of aliphatic hydroxyl groups is 1. The largest absolute Gasteiger partial charge is 0.466 e. The van der Waals surface area contributed by atoms with Crippen molar-refractivity contribution in [1.29, 1.82) is 0 Å². The van der Waals surface area contributed by atoms with Crippen molar-refractivity contribution in [1.82, 2.24) is 4.90 Å². The summed E-state index contributed by atoms with van der Waals surface area (Å²) in [7, 11) is 1.27. The molecule has 0 aromatic heterocycles. The lowest BCUT2D eigenvalue weighted by Crippen LogP contribution is -2.34. The molecule has 0 aliphatic carbocycles. The molecule has 1 aromatic carbocycles. The van der Waals surface area contributed by atoms with Crippen LogP contribution in [0.3, 0.4) is 0 Å². The Balaban J connectivity index is 1.90. The minimum Gasteiger partial charge on any atom is -0.466 e. The zero-order chi connectivity index (χ0) is 19.6. The van der Waals surface area contributed by atoms with E-state index in [9.17, 15) is 14.4 Å². The summed E-state index contributed by atoms with van der Waals surface area (Å²) in [6.07, 6.45) is 1.08. The zero-order valence-electron chi connectivity index (χ0n) is 15.4. The molecule has 0 saturated carbocycles. The SMILES string of the molecule is CCN1C(=O)CCc2cc(NC3=C(C(=O)OC)CN(CCO)C3=O)ccc21. The lowest BCUT2D eigenvalue weighted by molar-refractivity contribution is -0.136. The van der Waals surface area contributed by atoms with Crippen molar-refractivity contribution in [3.63, 3.8) is 0 Å². The van der Waals surface area contributed by atoms with Crippen molar-refractivity contribution in [2.24, 2.45) is 0 Å². The van der Waals surface area contributed by atoms with Crippen LogP contribution in [0.5, 0.6) is 0 Å². The Morgan fingerprint density at radius 3 is 2.74 bits per heavy atom. The van der Waals surface area contributed by atoms with Gasteiger partial charge in [-0.15, -0.1) is 0 Å². The third-order valence-electron chi connectivity index (χ3n) is 4.82. The molecule has 2 aliphatic rings. The molecule has 144 valence electrons. The summed E-state index contributed by atoms with van der Waals surface area (Å²) in [4.78, 5) is 39.8. The summed E-state index contributed by atoms with van der Waals surface area (Å²) in [5, 5.41) is 12.2. The summed E-state index contributed by atoms with van der Waals surface area (Å²) in [5.41, 5.74) is 2.95. The second kappa shape index (κ2) is 7.79. The predicted octanol–water partition coefficient (Wildman–Crippen LogP) is 0.659. The van der Waals surface area contributed by atoms with Gasteiger partial charge in [0.2, 0.25) is 5.91 Å². The van der Waals surface area contributed by atoms with Gasteiger partial charge in [-0.3, -0.25) is 9.59 Å². The van der Waals surface area contributed by atoms with Gasteiger partial charge in [-0.2, -0.15) is 0 Å². The van der Waals surface area contributed by atoms with Gasteiger partial charge >= 0.3 is 5.97 Å². The molecule has 2 N–H and O–H groups in total. The van der Waals surface area contributed by atoms with Crippen LogP contribution in [0.15, 0.2) is 29.5 Å². The van der Waals surface area contributed by atoms with Gasteiger partial charge in [-0.05, 0) is 37.1 Å². The van der Waals surface area contributed by atoms with E-state index >= 15 is 0 Å². The monoisotopic (exact) mass is 373 g/mol. The molecule has 2 amide bonds. The van der Waals surface area contributed by atoms with E-state index in [1.807, 2.05) is 19.1 Å². The van der Waals surface area contributed by atoms with Crippen molar-refractivity contribution >= 4 is 29.2 Å². The van der Waals surface area contributed by atoms with Gasteiger partial charge in [0, 0.05) is 30.9 Å². The van der Waals surface area contributed by atoms with Gasteiger partial charge in [0.1, 0.15) is 5.70 Å². The Morgan fingerprint density at radius 1 is 1.30 bits per heavy atom.